The van der Waals surface area contributed by atoms with Crippen molar-refractivity contribution >= 4 is 35.2 Å². The molecule has 0 aliphatic carbocycles. The first-order valence-corrected chi connectivity index (χ1v) is 8.58. The minimum atomic E-state index is -0.279. The number of benzene rings is 1. The summed E-state index contributed by atoms with van der Waals surface area (Å²) in [6.07, 6.45) is 1.37. The Morgan fingerprint density at radius 3 is 2.92 bits per heavy atom. The number of carbonyl (C=O) groups excluding carboxylic acids is 2. The molecule has 1 aromatic rings. The molecule has 132 valence electrons. The smallest absolute Gasteiger partial charge is 0.409 e. The van der Waals surface area contributed by atoms with E-state index in [-0.39, 0.29) is 12.0 Å². The Morgan fingerprint density at radius 1 is 1.33 bits per heavy atom. The lowest BCUT2D eigenvalue weighted by Gasteiger charge is -2.12. The Labute approximate surface area is 151 Å². The van der Waals surface area contributed by atoms with Crippen LogP contribution in [0.4, 0.5) is 4.79 Å². The van der Waals surface area contributed by atoms with Gasteiger partial charge in [0.25, 0.3) is 0 Å². The Kier molecular flexibility index (Phi) is 7.46. The highest BCUT2D eigenvalue weighted by Crippen LogP contribution is 2.31. The number of nitrogens with one attached hydrogen (secondary N) is 1. The lowest BCUT2D eigenvalue weighted by atomic mass is 10.3. The van der Waals surface area contributed by atoms with Crippen LogP contribution >= 0.6 is 23.2 Å². The molecule has 0 radical (unpaired) electrons. The van der Waals surface area contributed by atoms with Crippen LogP contribution < -0.4 is 10.1 Å². The number of hydrogen-bond acceptors (Lipinski definition) is 4. The van der Waals surface area contributed by atoms with Gasteiger partial charge in [-0.05, 0) is 25.0 Å². The highest BCUT2D eigenvalue weighted by atomic mass is 35.5. The van der Waals surface area contributed by atoms with E-state index in [0.29, 0.717) is 67.9 Å². The third-order valence-electron chi connectivity index (χ3n) is 3.49. The number of cyclic esters (lactones) is 1. The van der Waals surface area contributed by atoms with Gasteiger partial charge < -0.3 is 19.7 Å². The molecule has 0 spiro atoms. The average molecular weight is 375 g/mol. The van der Waals surface area contributed by atoms with E-state index in [9.17, 15) is 9.59 Å². The van der Waals surface area contributed by atoms with Gasteiger partial charge in [0.05, 0.1) is 18.2 Å². The monoisotopic (exact) mass is 374 g/mol. The number of hydrogen-bond donors (Lipinski definition) is 1. The zero-order valence-corrected chi connectivity index (χ0v) is 14.7. The van der Waals surface area contributed by atoms with Crippen LogP contribution in [-0.4, -0.2) is 49.7 Å². The molecule has 24 heavy (non-hydrogen) atoms. The molecule has 1 N–H and O–H groups in total. The maximum Gasteiger partial charge on any atom is 0.409 e. The third-order valence-corrected chi connectivity index (χ3v) is 4.30. The van der Waals surface area contributed by atoms with Crippen molar-refractivity contribution in [2.24, 2.45) is 0 Å². The number of carbonyl (C=O) groups is 2. The number of halogens is 2. The van der Waals surface area contributed by atoms with E-state index >= 15 is 0 Å². The topological polar surface area (TPSA) is 67.9 Å². The summed E-state index contributed by atoms with van der Waals surface area (Å²) in [5.41, 5.74) is 0. The maximum absolute atomic E-state index is 11.7. The highest BCUT2D eigenvalue weighted by molar-refractivity contribution is 6.42. The molecule has 0 atom stereocenters. The molecular formula is C16H20Cl2N2O4. The highest BCUT2D eigenvalue weighted by Gasteiger charge is 2.20. The number of nitrogens with zero attached hydrogens (tertiary/aromatic N) is 1. The second-order valence-corrected chi connectivity index (χ2v) is 6.09. The van der Waals surface area contributed by atoms with Gasteiger partial charge in [-0.15, -0.1) is 0 Å². The predicted octanol–water partition coefficient (Wildman–Crippen LogP) is 3.11. The summed E-state index contributed by atoms with van der Waals surface area (Å²) in [6, 6.07) is 5.18. The van der Waals surface area contributed by atoms with Gasteiger partial charge in [0.2, 0.25) is 5.91 Å². The van der Waals surface area contributed by atoms with Crippen molar-refractivity contribution in [3.05, 3.63) is 28.2 Å². The standard InChI is InChI=1S/C16H20Cl2N2O4/c17-12-4-1-5-13(15(12)18)23-10-2-6-14(21)19-7-3-8-20-9-11-24-16(20)22/h1,4-5H,2-3,6-11H2,(H,19,21). The van der Waals surface area contributed by atoms with Gasteiger partial charge in [0, 0.05) is 19.5 Å². The largest absolute Gasteiger partial charge is 0.492 e. The van der Waals surface area contributed by atoms with Crippen molar-refractivity contribution < 1.29 is 19.1 Å². The van der Waals surface area contributed by atoms with Crippen molar-refractivity contribution in [2.75, 3.05) is 32.8 Å². The van der Waals surface area contributed by atoms with E-state index in [2.05, 4.69) is 5.32 Å². The van der Waals surface area contributed by atoms with Crippen LogP contribution in [0.15, 0.2) is 18.2 Å². The van der Waals surface area contributed by atoms with Crippen LogP contribution in [0.2, 0.25) is 10.0 Å². The maximum atomic E-state index is 11.7. The van der Waals surface area contributed by atoms with Gasteiger partial charge in [0.1, 0.15) is 17.4 Å². The van der Waals surface area contributed by atoms with Crippen LogP contribution in [0.3, 0.4) is 0 Å². The summed E-state index contributed by atoms with van der Waals surface area (Å²) in [5, 5.41) is 3.64. The van der Waals surface area contributed by atoms with E-state index in [1.165, 1.54) is 0 Å². The van der Waals surface area contributed by atoms with Crippen molar-refractivity contribution in [1.82, 2.24) is 10.2 Å². The summed E-state index contributed by atoms with van der Waals surface area (Å²) in [6.45, 7) is 2.57. The van der Waals surface area contributed by atoms with Crippen LogP contribution in [0.1, 0.15) is 19.3 Å². The number of amides is 2. The molecule has 8 heteroatoms. The van der Waals surface area contributed by atoms with Gasteiger partial charge in [-0.25, -0.2) is 4.79 Å². The molecule has 2 amide bonds. The molecule has 0 aromatic heterocycles. The molecular weight excluding hydrogens is 355 g/mol. The Bertz CT molecular complexity index is 583. The van der Waals surface area contributed by atoms with E-state index in [1.807, 2.05) is 0 Å². The molecule has 1 heterocycles. The molecule has 1 fully saturated rings. The molecule has 1 aromatic carbocycles. The predicted molar refractivity (Wildman–Crippen MR) is 91.7 cm³/mol. The summed E-state index contributed by atoms with van der Waals surface area (Å²) in [5.74, 6) is 0.474. The van der Waals surface area contributed by atoms with Gasteiger partial charge in [-0.1, -0.05) is 29.3 Å². The van der Waals surface area contributed by atoms with Crippen molar-refractivity contribution in [3.8, 4) is 5.75 Å². The third kappa shape index (κ3) is 5.76. The lowest BCUT2D eigenvalue weighted by Crippen LogP contribution is -2.30. The van der Waals surface area contributed by atoms with E-state index in [0.717, 1.165) is 0 Å². The summed E-state index contributed by atoms with van der Waals surface area (Å²) in [7, 11) is 0. The average Bonchev–Trinajstić information content (AvgIpc) is 2.97. The number of ether oxygens (including phenoxy) is 2. The Morgan fingerprint density at radius 2 is 2.17 bits per heavy atom. The van der Waals surface area contributed by atoms with Gasteiger partial charge in [0.15, 0.2) is 0 Å². The minimum Gasteiger partial charge on any atom is -0.492 e. The molecule has 0 saturated carbocycles. The Hall–Kier alpha value is -1.66. The van der Waals surface area contributed by atoms with Crippen LogP contribution in [-0.2, 0) is 9.53 Å². The zero-order valence-electron chi connectivity index (χ0n) is 13.2. The lowest BCUT2D eigenvalue weighted by molar-refractivity contribution is -0.121. The molecule has 1 saturated heterocycles. The second kappa shape index (κ2) is 9.59. The van der Waals surface area contributed by atoms with Crippen molar-refractivity contribution in [1.29, 1.82) is 0 Å². The summed E-state index contributed by atoms with van der Waals surface area (Å²) >= 11 is 11.9. The van der Waals surface area contributed by atoms with E-state index in [4.69, 9.17) is 32.7 Å². The molecule has 0 unspecified atom stereocenters. The fourth-order valence-corrected chi connectivity index (χ4v) is 2.57. The fraction of sp³-hybridized carbons (Fsp3) is 0.500. The van der Waals surface area contributed by atoms with Crippen molar-refractivity contribution in [2.45, 2.75) is 19.3 Å². The van der Waals surface area contributed by atoms with Crippen LogP contribution in [0.5, 0.6) is 5.75 Å². The van der Waals surface area contributed by atoms with Gasteiger partial charge in [-0.3, -0.25) is 4.79 Å². The minimum absolute atomic E-state index is 0.0419. The van der Waals surface area contributed by atoms with Gasteiger partial charge in [-0.2, -0.15) is 0 Å². The number of rotatable bonds is 9. The molecule has 2 rings (SSSR count). The quantitative estimate of drug-likeness (QED) is 0.674. The summed E-state index contributed by atoms with van der Waals surface area (Å²) in [4.78, 5) is 24.6. The first-order chi connectivity index (χ1) is 11.6. The van der Waals surface area contributed by atoms with E-state index in [1.54, 1.807) is 23.1 Å². The van der Waals surface area contributed by atoms with Crippen LogP contribution in [0, 0.1) is 0 Å². The summed E-state index contributed by atoms with van der Waals surface area (Å²) < 4.78 is 10.3. The first kappa shape index (κ1) is 18.7. The van der Waals surface area contributed by atoms with E-state index < -0.39 is 0 Å². The molecule has 1 aliphatic heterocycles. The fourth-order valence-electron chi connectivity index (χ4n) is 2.23. The zero-order chi connectivity index (χ0) is 17.4. The molecule has 1 aliphatic rings. The first-order valence-electron chi connectivity index (χ1n) is 7.83. The SMILES string of the molecule is O=C(CCCOc1cccc(Cl)c1Cl)NCCCN1CCOC1=O. The molecule has 0 bridgehead atoms. The van der Waals surface area contributed by atoms with Gasteiger partial charge >= 0.3 is 6.09 Å². The Balaban J connectivity index is 1.53. The second-order valence-electron chi connectivity index (χ2n) is 5.31. The van der Waals surface area contributed by atoms with Crippen LogP contribution in [0.25, 0.3) is 0 Å². The normalized spacial score (nSPS) is 13.8. The van der Waals surface area contributed by atoms with Crippen molar-refractivity contribution in [3.63, 3.8) is 0 Å². The molecule has 6 nitrogen and oxygen atoms in total.